The highest BCUT2D eigenvalue weighted by molar-refractivity contribution is 6.09. The van der Waals surface area contributed by atoms with E-state index in [9.17, 15) is 4.79 Å². The summed E-state index contributed by atoms with van der Waals surface area (Å²) in [5, 5.41) is 11.8. The van der Waals surface area contributed by atoms with Crippen LogP contribution in [0.25, 0.3) is 33.6 Å². The van der Waals surface area contributed by atoms with Gasteiger partial charge in [0.2, 0.25) is 11.6 Å². The van der Waals surface area contributed by atoms with E-state index < -0.39 is 6.03 Å². The van der Waals surface area contributed by atoms with Crippen molar-refractivity contribution in [3.63, 3.8) is 0 Å². The van der Waals surface area contributed by atoms with Crippen LogP contribution in [0, 0.1) is 0 Å². The largest absolute Gasteiger partial charge is 0.491 e. The number of rotatable bonds is 2. The van der Waals surface area contributed by atoms with Gasteiger partial charge in [-0.3, -0.25) is 0 Å². The van der Waals surface area contributed by atoms with Crippen LogP contribution in [-0.2, 0) is 7.05 Å². The molecule has 0 saturated heterocycles. The van der Waals surface area contributed by atoms with Crippen molar-refractivity contribution >= 4 is 28.0 Å². The van der Waals surface area contributed by atoms with E-state index in [1.165, 1.54) is 7.11 Å². The molecule has 2 N–H and O–H groups in total. The van der Waals surface area contributed by atoms with Crippen molar-refractivity contribution in [1.82, 2.24) is 24.8 Å². The number of nitrogens with two attached hydrogens (primary N) is 1. The lowest BCUT2D eigenvalue weighted by Crippen LogP contribution is -2.21. The second-order valence-electron chi connectivity index (χ2n) is 4.97. The average molecular weight is 312 g/mol. The van der Waals surface area contributed by atoms with E-state index in [0.717, 1.165) is 21.1 Å². The molecule has 3 aromatic heterocycles. The molecule has 4 rings (SSSR count). The molecule has 0 bridgehead atoms. The number of tetrazole rings is 1. The van der Waals surface area contributed by atoms with Gasteiger partial charge in [0.05, 0.1) is 12.6 Å². The Hall–Kier alpha value is -3.36. The Morgan fingerprint density at radius 1 is 1.35 bits per heavy atom. The number of hydrogen-bond donors (Lipinski definition) is 1. The number of carbonyl (C=O) groups is 1. The molecule has 4 aromatic rings. The van der Waals surface area contributed by atoms with E-state index in [1.807, 2.05) is 35.9 Å². The summed E-state index contributed by atoms with van der Waals surface area (Å²) < 4.78 is 14.3. The van der Waals surface area contributed by atoms with Crippen LogP contribution in [-0.4, -0.2) is 37.9 Å². The fraction of sp³-hybridized carbons (Fsp3) is 0.143. The van der Waals surface area contributed by atoms with Gasteiger partial charge in [0.1, 0.15) is 5.52 Å². The molecule has 0 aliphatic rings. The molecule has 23 heavy (non-hydrogen) atoms. The SMILES string of the molecule is COc1c(-c2nnnn2C(N)=O)oc2c3ccccc3n(C)c12. The first-order valence-corrected chi connectivity index (χ1v) is 6.76. The predicted molar refractivity (Wildman–Crippen MR) is 81.0 cm³/mol. The molecule has 0 fully saturated rings. The van der Waals surface area contributed by atoms with Crippen molar-refractivity contribution in [1.29, 1.82) is 0 Å². The maximum Gasteiger partial charge on any atom is 0.343 e. The lowest BCUT2D eigenvalue weighted by molar-refractivity contribution is 0.247. The third kappa shape index (κ3) is 1.67. The number of benzene rings is 1. The maximum atomic E-state index is 11.4. The first-order valence-electron chi connectivity index (χ1n) is 6.76. The molecule has 0 radical (unpaired) electrons. The first kappa shape index (κ1) is 13.3. The minimum Gasteiger partial charge on any atom is -0.491 e. The summed E-state index contributed by atoms with van der Waals surface area (Å²) >= 11 is 0. The second kappa shape index (κ2) is 4.57. The summed E-state index contributed by atoms with van der Waals surface area (Å²) in [5.41, 5.74) is 7.66. The van der Waals surface area contributed by atoms with Gasteiger partial charge in [0.15, 0.2) is 11.3 Å². The van der Waals surface area contributed by atoms with E-state index in [0.29, 0.717) is 11.3 Å². The fourth-order valence-corrected chi connectivity index (χ4v) is 2.79. The molecular weight excluding hydrogens is 300 g/mol. The van der Waals surface area contributed by atoms with Crippen LogP contribution in [0.3, 0.4) is 0 Å². The summed E-state index contributed by atoms with van der Waals surface area (Å²) in [6.45, 7) is 0. The second-order valence-corrected chi connectivity index (χ2v) is 4.97. The molecule has 0 saturated carbocycles. The lowest BCUT2D eigenvalue weighted by Gasteiger charge is -2.03. The summed E-state index contributed by atoms with van der Waals surface area (Å²) in [5.74, 6) is 0.785. The van der Waals surface area contributed by atoms with Crippen LogP contribution in [0.5, 0.6) is 5.75 Å². The molecule has 0 aliphatic heterocycles. The monoisotopic (exact) mass is 312 g/mol. The minimum absolute atomic E-state index is 0.0923. The topological polar surface area (TPSA) is 114 Å². The molecule has 1 aromatic carbocycles. The number of para-hydroxylation sites is 1. The van der Waals surface area contributed by atoms with Crippen LogP contribution < -0.4 is 10.5 Å². The highest BCUT2D eigenvalue weighted by Crippen LogP contribution is 2.42. The summed E-state index contributed by atoms with van der Waals surface area (Å²) in [7, 11) is 3.42. The molecule has 0 spiro atoms. The van der Waals surface area contributed by atoms with Gasteiger partial charge >= 0.3 is 6.03 Å². The van der Waals surface area contributed by atoms with E-state index in [-0.39, 0.29) is 11.6 Å². The molecular formula is C14H12N6O3. The van der Waals surface area contributed by atoms with Gasteiger partial charge < -0.3 is 19.5 Å². The Bertz CT molecular complexity index is 1060. The van der Waals surface area contributed by atoms with Gasteiger partial charge in [-0.25, -0.2) is 4.79 Å². The number of hydrogen-bond acceptors (Lipinski definition) is 6. The minimum atomic E-state index is -0.808. The third-order valence-electron chi connectivity index (χ3n) is 3.77. The van der Waals surface area contributed by atoms with Crippen molar-refractivity contribution in [3.8, 4) is 17.3 Å². The number of aryl methyl sites for hydroxylation is 1. The van der Waals surface area contributed by atoms with Crippen LogP contribution in [0.15, 0.2) is 28.7 Å². The molecule has 1 amide bonds. The van der Waals surface area contributed by atoms with E-state index in [1.54, 1.807) is 0 Å². The Labute approximate surface area is 129 Å². The number of primary amides is 1. The standard InChI is InChI=1S/C14H12N6O3/c1-19-8-6-4-3-5-7(8)10-9(19)11(22-2)12(23-10)13-16-17-18-20(13)14(15)21/h3-6H,1-2H3,(H2,15,21). The first-order chi connectivity index (χ1) is 11.1. The molecule has 0 unspecified atom stereocenters. The van der Waals surface area contributed by atoms with Crippen LogP contribution in [0.1, 0.15) is 0 Å². The maximum absolute atomic E-state index is 11.4. The molecule has 0 aliphatic carbocycles. The summed E-state index contributed by atoms with van der Waals surface area (Å²) in [6.07, 6.45) is 0. The number of furan rings is 1. The smallest absolute Gasteiger partial charge is 0.343 e. The zero-order valence-electron chi connectivity index (χ0n) is 12.3. The van der Waals surface area contributed by atoms with Gasteiger partial charge in [-0.2, -0.15) is 0 Å². The molecule has 9 heteroatoms. The number of carbonyl (C=O) groups excluding carboxylic acids is 1. The molecule has 116 valence electrons. The van der Waals surface area contributed by atoms with Gasteiger partial charge in [-0.15, -0.1) is 9.78 Å². The van der Waals surface area contributed by atoms with Crippen molar-refractivity contribution in [2.45, 2.75) is 0 Å². The Kier molecular flexibility index (Phi) is 2.64. The zero-order valence-corrected chi connectivity index (χ0v) is 12.3. The molecule has 3 heterocycles. The third-order valence-corrected chi connectivity index (χ3v) is 3.77. The number of amides is 1. The predicted octanol–water partition coefficient (Wildman–Crippen LogP) is 1.51. The normalized spacial score (nSPS) is 11.4. The fourth-order valence-electron chi connectivity index (χ4n) is 2.79. The zero-order chi connectivity index (χ0) is 16.1. The Morgan fingerprint density at radius 3 is 2.87 bits per heavy atom. The van der Waals surface area contributed by atoms with Crippen molar-refractivity contribution in [3.05, 3.63) is 24.3 Å². The molecule has 9 nitrogen and oxygen atoms in total. The van der Waals surface area contributed by atoms with E-state index in [2.05, 4.69) is 15.5 Å². The van der Waals surface area contributed by atoms with Gasteiger partial charge in [0.25, 0.3) is 0 Å². The van der Waals surface area contributed by atoms with Gasteiger partial charge in [-0.05, 0) is 22.6 Å². The van der Waals surface area contributed by atoms with Crippen molar-refractivity contribution < 1.29 is 13.9 Å². The van der Waals surface area contributed by atoms with Crippen LogP contribution >= 0.6 is 0 Å². The molecule has 0 atom stereocenters. The summed E-state index contributed by atoms with van der Waals surface area (Å²) in [6, 6.07) is 6.99. The highest BCUT2D eigenvalue weighted by Gasteiger charge is 2.27. The van der Waals surface area contributed by atoms with E-state index in [4.69, 9.17) is 14.9 Å². The van der Waals surface area contributed by atoms with Gasteiger partial charge in [0, 0.05) is 12.4 Å². The van der Waals surface area contributed by atoms with Gasteiger partial charge in [-0.1, -0.05) is 12.1 Å². The number of fused-ring (bicyclic) bond motifs is 3. The van der Waals surface area contributed by atoms with Crippen molar-refractivity contribution in [2.75, 3.05) is 7.11 Å². The highest BCUT2D eigenvalue weighted by atomic mass is 16.5. The van der Waals surface area contributed by atoms with Crippen LogP contribution in [0.4, 0.5) is 4.79 Å². The summed E-state index contributed by atoms with van der Waals surface area (Å²) in [4.78, 5) is 11.4. The number of ether oxygens (including phenoxy) is 1. The number of methoxy groups -OCH3 is 1. The Balaban J connectivity index is 2.11. The Morgan fingerprint density at radius 2 is 2.13 bits per heavy atom. The lowest BCUT2D eigenvalue weighted by atomic mass is 10.2. The van der Waals surface area contributed by atoms with Crippen LogP contribution in [0.2, 0.25) is 0 Å². The van der Waals surface area contributed by atoms with Crippen molar-refractivity contribution in [2.24, 2.45) is 12.8 Å². The number of aromatic nitrogens is 5. The number of nitrogens with zero attached hydrogens (tertiary/aromatic N) is 5. The average Bonchev–Trinajstić information content (AvgIpc) is 3.22. The quantitative estimate of drug-likeness (QED) is 0.561. The van der Waals surface area contributed by atoms with E-state index >= 15 is 0 Å².